The number of carboxylic acid groups (broad SMARTS) is 2. The van der Waals surface area contributed by atoms with Crippen LogP contribution >= 0.6 is 23.1 Å². The number of carbonyl (C=O) groups excluding carboxylic acids is 1. The lowest BCUT2D eigenvalue weighted by atomic mass is 10.1. The smallest absolute Gasteiger partial charge is 0.409 e. The first-order chi connectivity index (χ1) is 16.2. The highest BCUT2D eigenvalue weighted by Gasteiger charge is 2.17. The van der Waals surface area contributed by atoms with Crippen LogP contribution in [0.2, 0.25) is 0 Å². The first-order valence-electron chi connectivity index (χ1n) is 10.4. The molecule has 0 bridgehead atoms. The minimum absolute atomic E-state index is 0.107. The van der Waals surface area contributed by atoms with E-state index in [2.05, 4.69) is 31.2 Å². The van der Waals surface area contributed by atoms with Gasteiger partial charge in [-0.3, -0.25) is 15.0 Å². The fourth-order valence-electron chi connectivity index (χ4n) is 3.04. The zero-order chi connectivity index (χ0) is 24.9. The van der Waals surface area contributed by atoms with E-state index in [4.69, 9.17) is 15.0 Å². The van der Waals surface area contributed by atoms with Crippen LogP contribution in [0.4, 0.5) is 20.4 Å². The Kier molecular flexibility index (Phi) is 11.3. The van der Waals surface area contributed by atoms with E-state index in [0.29, 0.717) is 10.8 Å². The third-order valence-electron chi connectivity index (χ3n) is 4.52. The number of aryl methyl sites for hydroxylation is 2. The maximum Gasteiger partial charge on any atom is 0.409 e. The molecule has 11 nitrogen and oxygen atoms in total. The third kappa shape index (κ3) is 10.6. The summed E-state index contributed by atoms with van der Waals surface area (Å²) >= 11 is 3.55. The monoisotopic (exact) mass is 508 g/mol. The number of nitrogens with zero attached hydrogens (tertiary/aromatic N) is 3. The van der Waals surface area contributed by atoms with Crippen molar-refractivity contribution in [2.24, 2.45) is 10.7 Å². The number of rotatable bonds is 8. The van der Waals surface area contributed by atoms with Gasteiger partial charge in [0, 0.05) is 42.9 Å². The maximum absolute atomic E-state index is 11.4. The molecule has 0 unspecified atom stereocenters. The van der Waals surface area contributed by atoms with Crippen molar-refractivity contribution in [3.63, 3.8) is 0 Å². The molecule has 1 aromatic carbocycles. The average molecular weight is 509 g/mol. The van der Waals surface area contributed by atoms with E-state index < -0.39 is 12.2 Å². The lowest BCUT2D eigenvalue weighted by Crippen LogP contribution is -2.32. The molecular formula is C21H28N6O5S2. The number of primary amides is 1. The van der Waals surface area contributed by atoms with Crippen LogP contribution in [0.3, 0.4) is 0 Å². The Hall–Kier alpha value is -3.16. The molecule has 0 spiro atoms. The van der Waals surface area contributed by atoms with Crippen molar-refractivity contribution < 1.29 is 24.6 Å². The summed E-state index contributed by atoms with van der Waals surface area (Å²) in [5.74, 6) is 2.21. The molecule has 0 radical (unpaired) electrons. The van der Waals surface area contributed by atoms with Crippen LogP contribution < -0.4 is 16.4 Å². The molecule has 1 aliphatic rings. The molecule has 2 aromatic rings. The summed E-state index contributed by atoms with van der Waals surface area (Å²) in [7, 11) is 0. The highest BCUT2D eigenvalue weighted by Crippen LogP contribution is 2.27. The fraction of sp³-hybridized carbons (Fsp3) is 0.381. The van der Waals surface area contributed by atoms with Gasteiger partial charge in [-0.25, -0.2) is 19.6 Å². The summed E-state index contributed by atoms with van der Waals surface area (Å²) in [6.45, 7) is 4.53. The van der Waals surface area contributed by atoms with Gasteiger partial charge in [0.05, 0.1) is 17.7 Å². The summed E-state index contributed by atoms with van der Waals surface area (Å²) in [6.07, 6.45) is 0.291. The molecule has 34 heavy (non-hydrogen) atoms. The highest BCUT2D eigenvalue weighted by atomic mass is 32.2. The number of thiazole rings is 1. The van der Waals surface area contributed by atoms with Crippen molar-refractivity contribution in [2.75, 3.05) is 29.9 Å². The van der Waals surface area contributed by atoms with Gasteiger partial charge in [-0.15, -0.1) is 11.3 Å². The number of hydrogen-bond acceptors (Lipinski definition) is 8. The number of nitrogens with two attached hydrogens (primary N) is 1. The Morgan fingerprint density at radius 1 is 1.18 bits per heavy atom. The van der Waals surface area contributed by atoms with Gasteiger partial charge in [0.2, 0.25) is 5.91 Å². The summed E-state index contributed by atoms with van der Waals surface area (Å²) in [4.78, 5) is 43.0. The van der Waals surface area contributed by atoms with Crippen LogP contribution in [0.5, 0.6) is 0 Å². The van der Waals surface area contributed by atoms with Gasteiger partial charge in [-0.2, -0.15) is 11.8 Å². The number of thioether (sulfide) groups is 1. The van der Waals surface area contributed by atoms with Crippen LogP contribution in [0.15, 0.2) is 29.3 Å². The van der Waals surface area contributed by atoms with E-state index in [1.165, 1.54) is 11.8 Å². The first-order valence-corrected chi connectivity index (χ1v) is 12.4. The Morgan fingerprint density at radius 3 is 2.41 bits per heavy atom. The lowest BCUT2D eigenvalue weighted by Gasteiger charge is -2.25. The van der Waals surface area contributed by atoms with E-state index in [9.17, 15) is 9.59 Å². The first kappa shape index (κ1) is 27.1. The van der Waals surface area contributed by atoms with Crippen LogP contribution in [0.1, 0.15) is 23.1 Å². The van der Waals surface area contributed by atoms with E-state index in [1.54, 1.807) is 11.3 Å². The van der Waals surface area contributed by atoms with Crippen molar-refractivity contribution >= 4 is 58.3 Å². The molecule has 3 rings (SSSR count). The molecular weight excluding hydrogens is 480 g/mol. The zero-order valence-electron chi connectivity index (χ0n) is 18.7. The molecule has 13 heteroatoms. The molecule has 1 aliphatic heterocycles. The van der Waals surface area contributed by atoms with Gasteiger partial charge in [-0.05, 0) is 30.5 Å². The second kappa shape index (κ2) is 14.2. The molecule has 3 amide bonds. The van der Waals surface area contributed by atoms with Crippen molar-refractivity contribution in [3.05, 3.63) is 40.4 Å². The van der Waals surface area contributed by atoms with Gasteiger partial charge in [0.15, 0.2) is 5.13 Å². The summed E-state index contributed by atoms with van der Waals surface area (Å²) < 4.78 is 0. The molecule has 0 aliphatic carbocycles. The van der Waals surface area contributed by atoms with Gasteiger partial charge in [0.1, 0.15) is 0 Å². The number of carbonyl (C=O) groups is 3. The number of aromatic nitrogens is 1. The normalized spacial score (nSPS) is 13.7. The summed E-state index contributed by atoms with van der Waals surface area (Å²) in [5.41, 5.74) is 6.89. The Labute approximate surface area is 205 Å². The topological polar surface area (TPSA) is 170 Å². The number of amides is 3. The van der Waals surface area contributed by atoms with E-state index in [1.807, 2.05) is 36.0 Å². The van der Waals surface area contributed by atoms with Crippen LogP contribution in [-0.2, 0) is 24.2 Å². The van der Waals surface area contributed by atoms with Crippen molar-refractivity contribution in [1.29, 1.82) is 0 Å². The van der Waals surface area contributed by atoms with Crippen LogP contribution in [-0.4, -0.2) is 69.1 Å². The Bertz CT molecular complexity index is 986. The summed E-state index contributed by atoms with van der Waals surface area (Å²) in [5, 5.41) is 21.3. The number of benzene rings is 1. The minimum Gasteiger partial charge on any atom is -0.465 e. The van der Waals surface area contributed by atoms with Crippen LogP contribution in [0, 0.1) is 0 Å². The van der Waals surface area contributed by atoms with Gasteiger partial charge >= 0.3 is 12.2 Å². The molecule has 1 saturated heterocycles. The standard InChI is InChI=1S/C20H25N5O3S2.CH3NO2/c1-14(26)23-19-24-17(18(30-19)12-25-8-10-29-11-9-25)7-4-15-2-5-16(6-3-15)21-13-22-20(27)28;2-1(3)4/h2-3,5-6,13H,4,7-12H2,1H3,(H,21,22)(H,27,28)(H,23,24,26);2H2,(H,3,4). The molecule has 0 atom stereocenters. The Morgan fingerprint density at radius 2 is 1.82 bits per heavy atom. The molecule has 6 N–H and O–H groups in total. The second-order valence-corrected chi connectivity index (χ2v) is 9.48. The number of nitrogens with one attached hydrogen (secondary N) is 2. The third-order valence-corrected chi connectivity index (χ3v) is 6.46. The number of aliphatic imine (C=N–C) groups is 1. The minimum atomic E-state index is -1.33. The zero-order valence-corrected chi connectivity index (χ0v) is 20.3. The van der Waals surface area contributed by atoms with E-state index in [-0.39, 0.29) is 5.91 Å². The molecule has 0 saturated carbocycles. The predicted molar refractivity (Wildman–Crippen MR) is 134 cm³/mol. The van der Waals surface area contributed by atoms with E-state index in [0.717, 1.165) is 61.6 Å². The highest BCUT2D eigenvalue weighted by molar-refractivity contribution is 7.99. The predicted octanol–water partition coefficient (Wildman–Crippen LogP) is 2.99. The molecule has 1 fully saturated rings. The summed E-state index contributed by atoms with van der Waals surface area (Å²) in [6, 6.07) is 7.67. The number of anilines is 1. The SMILES string of the molecule is CC(=O)Nc1nc(CCc2ccc(N=CNC(=O)O)cc2)c(CN2CCSCC2)s1.NC(=O)O. The largest absolute Gasteiger partial charge is 0.465 e. The number of hydrogen-bond donors (Lipinski definition) is 5. The Balaban J connectivity index is 0.000000945. The van der Waals surface area contributed by atoms with Crippen molar-refractivity contribution in [2.45, 2.75) is 26.3 Å². The van der Waals surface area contributed by atoms with Gasteiger partial charge < -0.3 is 21.3 Å². The van der Waals surface area contributed by atoms with Crippen LogP contribution in [0.25, 0.3) is 0 Å². The lowest BCUT2D eigenvalue weighted by molar-refractivity contribution is -0.114. The van der Waals surface area contributed by atoms with Crippen molar-refractivity contribution in [3.8, 4) is 0 Å². The average Bonchev–Trinajstić information content (AvgIpc) is 3.13. The van der Waals surface area contributed by atoms with E-state index >= 15 is 0 Å². The molecule has 2 heterocycles. The van der Waals surface area contributed by atoms with Gasteiger partial charge in [-0.1, -0.05) is 12.1 Å². The fourth-order valence-corrected chi connectivity index (χ4v) is 5.12. The molecule has 1 aromatic heterocycles. The molecule has 184 valence electrons. The quantitative estimate of drug-likeness (QED) is 0.268. The second-order valence-electron chi connectivity index (χ2n) is 7.17. The van der Waals surface area contributed by atoms with Gasteiger partial charge in [0.25, 0.3) is 0 Å². The van der Waals surface area contributed by atoms with Crippen molar-refractivity contribution in [1.82, 2.24) is 15.2 Å². The maximum atomic E-state index is 11.4.